The first kappa shape index (κ1) is 23.8. The van der Waals surface area contributed by atoms with E-state index in [4.69, 9.17) is 18.0 Å². The molecule has 0 aliphatic heterocycles. The van der Waals surface area contributed by atoms with Crippen molar-refractivity contribution in [3.8, 4) is 0 Å². The van der Waals surface area contributed by atoms with E-state index in [0.29, 0.717) is 25.6 Å². The first-order valence-electron chi connectivity index (χ1n) is 8.35. The number of nitrogens with zero attached hydrogens (tertiary/aromatic N) is 1. The lowest BCUT2D eigenvalue weighted by atomic mass is 10.3. The Bertz CT molecular complexity index is 386. The van der Waals surface area contributed by atoms with Crippen LogP contribution < -0.4 is 5.32 Å². The summed E-state index contributed by atoms with van der Waals surface area (Å²) in [4.78, 5) is 25.4. The first-order valence-corrected chi connectivity index (χ1v) is 10.3. The van der Waals surface area contributed by atoms with Crippen LogP contribution in [-0.2, 0) is 22.8 Å². The van der Waals surface area contributed by atoms with E-state index in [1.54, 1.807) is 7.05 Å². The molecule has 2 amide bonds. The average molecular weight is 381 g/mol. The number of likely N-dealkylation sites (N-methyl/N-ethyl adjacent to an activating group) is 1. The van der Waals surface area contributed by atoms with Gasteiger partial charge in [-0.05, 0) is 12.8 Å². The van der Waals surface area contributed by atoms with E-state index in [9.17, 15) is 14.7 Å². The number of alkyl carbamates (subject to hydrolysis) is 1. The molecular formula is C15H32N2O7Si. The van der Waals surface area contributed by atoms with Gasteiger partial charge in [0.15, 0.2) is 0 Å². The molecule has 25 heavy (non-hydrogen) atoms. The zero-order valence-electron chi connectivity index (χ0n) is 15.9. The lowest BCUT2D eigenvalue weighted by Gasteiger charge is -2.24. The summed E-state index contributed by atoms with van der Waals surface area (Å²) in [6.45, 7) is 2.31. The van der Waals surface area contributed by atoms with E-state index in [1.165, 1.54) is 26.2 Å². The van der Waals surface area contributed by atoms with Crippen molar-refractivity contribution in [3.63, 3.8) is 0 Å². The molecule has 0 fully saturated rings. The fourth-order valence-corrected chi connectivity index (χ4v) is 3.86. The molecular weight excluding hydrogens is 348 g/mol. The molecule has 148 valence electrons. The van der Waals surface area contributed by atoms with Crippen molar-refractivity contribution in [2.75, 3.05) is 48.1 Å². The number of aliphatic hydroxyl groups is 1. The molecule has 0 saturated heterocycles. The average Bonchev–Trinajstić information content (AvgIpc) is 2.64. The number of hydrogen-bond acceptors (Lipinski definition) is 7. The highest BCUT2D eigenvalue weighted by Crippen LogP contribution is 2.14. The molecule has 0 saturated carbocycles. The normalized spacial score (nSPS) is 12.6. The Balaban J connectivity index is 4.27. The number of amides is 2. The molecule has 0 radical (unpaired) electrons. The third-order valence-electron chi connectivity index (χ3n) is 3.78. The van der Waals surface area contributed by atoms with Crippen LogP contribution in [0.5, 0.6) is 0 Å². The molecule has 0 aromatic carbocycles. The molecule has 1 atom stereocenters. The van der Waals surface area contributed by atoms with Gasteiger partial charge in [0, 0.05) is 47.5 Å². The molecule has 0 aliphatic rings. The van der Waals surface area contributed by atoms with E-state index in [-0.39, 0.29) is 0 Å². The number of unbranched alkanes of at least 4 members (excludes halogenated alkanes) is 1. The fourth-order valence-electron chi connectivity index (χ4n) is 2.14. The van der Waals surface area contributed by atoms with Gasteiger partial charge < -0.3 is 33.3 Å². The minimum Gasteiger partial charge on any atom is -0.434 e. The maximum atomic E-state index is 12.1. The van der Waals surface area contributed by atoms with Crippen LogP contribution in [0, 0.1) is 0 Å². The number of hydrogen-bond donors (Lipinski definition) is 2. The lowest BCUT2D eigenvalue weighted by molar-refractivity contribution is -0.141. The highest BCUT2D eigenvalue weighted by Gasteiger charge is 2.36. The van der Waals surface area contributed by atoms with E-state index in [0.717, 1.165) is 12.8 Å². The molecule has 0 aromatic heterocycles. The number of aliphatic hydroxyl groups excluding tert-OH is 1. The SMILES string of the molecule is CCCCN(C)C(=O)C(CO)OC(=O)NCCC[Si](OC)(OC)OC. The fraction of sp³-hybridized carbons (Fsp3) is 0.867. The highest BCUT2D eigenvalue weighted by atomic mass is 28.4. The summed E-state index contributed by atoms with van der Waals surface area (Å²) in [5, 5.41) is 11.8. The topological polar surface area (TPSA) is 107 Å². The second-order valence-corrected chi connectivity index (χ2v) is 8.61. The third kappa shape index (κ3) is 8.63. The van der Waals surface area contributed by atoms with E-state index < -0.39 is 33.5 Å². The zero-order chi connectivity index (χ0) is 19.3. The molecule has 10 heteroatoms. The van der Waals surface area contributed by atoms with Crippen molar-refractivity contribution in [1.29, 1.82) is 0 Å². The number of carbonyl (C=O) groups excluding carboxylic acids is 2. The molecule has 0 rings (SSSR count). The Labute approximate surface area is 150 Å². The summed E-state index contributed by atoms with van der Waals surface area (Å²) in [6, 6.07) is 0.527. The Hall–Kier alpha value is -1.20. The van der Waals surface area contributed by atoms with E-state index in [1.807, 2.05) is 6.92 Å². The summed E-state index contributed by atoms with van der Waals surface area (Å²) >= 11 is 0. The standard InChI is InChI=1S/C15H32N2O7Si/c1-6-7-10-17(2)14(19)13(12-18)24-15(20)16-9-8-11-25(21-3,22-4)23-5/h13,18H,6-12H2,1-5H3,(H,16,20). The smallest absolute Gasteiger partial charge is 0.434 e. The second-order valence-electron chi connectivity index (χ2n) is 5.52. The third-order valence-corrected chi connectivity index (χ3v) is 6.61. The van der Waals surface area contributed by atoms with Crippen LogP contribution in [0.1, 0.15) is 26.2 Å². The summed E-state index contributed by atoms with van der Waals surface area (Å²) < 4.78 is 20.8. The van der Waals surface area contributed by atoms with E-state index in [2.05, 4.69) is 5.32 Å². The van der Waals surface area contributed by atoms with Gasteiger partial charge in [0.2, 0.25) is 6.10 Å². The summed E-state index contributed by atoms with van der Waals surface area (Å²) in [6.07, 6.45) is 0.391. The monoisotopic (exact) mass is 380 g/mol. The van der Waals surface area contributed by atoms with Crippen molar-refractivity contribution in [1.82, 2.24) is 10.2 Å². The molecule has 2 N–H and O–H groups in total. The Kier molecular flexibility index (Phi) is 12.4. The number of nitrogens with one attached hydrogen (secondary N) is 1. The maximum absolute atomic E-state index is 12.1. The minimum absolute atomic E-state index is 0.307. The molecule has 0 spiro atoms. The van der Waals surface area contributed by atoms with Gasteiger partial charge in [0.25, 0.3) is 5.91 Å². The van der Waals surface area contributed by atoms with Crippen LogP contribution in [0.2, 0.25) is 6.04 Å². The van der Waals surface area contributed by atoms with Crippen molar-refractivity contribution in [2.45, 2.75) is 38.3 Å². The maximum Gasteiger partial charge on any atom is 0.500 e. The summed E-state index contributed by atoms with van der Waals surface area (Å²) in [7, 11) is 3.51. The molecule has 0 heterocycles. The van der Waals surface area contributed by atoms with Crippen molar-refractivity contribution >= 4 is 20.8 Å². The number of carbonyl (C=O) groups is 2. The zero-order valence-corrected chi connectivity index (χ0v) is 16.9. The van der Waals surface area contributed by atoms with Gasteiger partial charge >= 0.3 is 14.9 Å². The van der Waals surface area contributed by atoms with Gasteiger partial charge in [-0.15, -0.1) is 0 Å². The van der Waals surface area contributed by atoms with Gasteiger partial charge in [0.05, 0.1) is 6.61 Å². The number of rotatable bonds is 13. The van der Waals surface area contributed by atoms with Crippen molar-refractivity contribution in [3.05, 3.63) is 0 Å². The molecule has 0 bridgehead atoms. The van der Waals surface area contributed by atoms with Crippen LogP contribution in [0.15, 0.2) is 0 Å². The van der Waals surface area contributed by atoms with Gasteiger partial charge in [-0.1, -0.05) is 13.3 Å². The Morgan fingerprint density at radius 3 is 2.24 bits per heavy atom. The van der Waals surface area contributed by atoms with Crippen molar-refractivity contribution in [2.24, 2.45) is 0 Å². The van der Waals surface area contributed by atoms with Gasteiger partial charge in [-0.2, -0.15) is 0 Å². The van der Waals surface area contributed by atoms with Crippen LogP contribution in [0.25, 0.3) is 0 Å². The van der Waals surface area contributed by atoms with Gasteiger partial charge in [0.1, 0.15) is 0 Å². The quantitative estimate of drug-likeness (QED) is 0.356. The van der Waals surface area contributed by atoms with Crippen LogP contribution >= 0.6 is 0 Å². The highest BCUT2D eigenvalue weighted by molar-refractivity contribution is 6.60. The Morgan fingerprint density at radius 1 is 1.16 bits per heavy atom. The first-order chi connectivity index (χ1) is 11.9. The van der Waals surface area contributed by atoms with Gasteiger partial charge in [-0.3, -0.25) is 4.79 Å². The minimum atomic E-state index is -2.67. The predicted octanol–water partition coefficient (Wildman–Crippen LogP) is 0.600. The van der Waals surface area contributed by atoms with Crippen LogP contribution in [-0.4, -0.2) is 85.0 Å². The summed E-state index contributed by atoms with van der Waals surface area (Å²) in [5.74, 6) is -0.421. The van der Waals surface area contributed by atoms with Crippen molar-refractivity contribution < 1.29 is 32.7 Å². The Morgan fingerprint density at radius 2 is 1.76 bits per heavy atom. The van der Waals surface area contributed by atoms with Crippen LogP contribution in [0.3, 0.4) is 0 Å². The molecule has 0 aliphatic carbocycles. The molecule has 9 nitrogen and oxygen atoms in total. The largest absolute Gasteiger partial charge is 0.500 e. The lowest BCUT2D eigenvalue weighted by Crippen LogP contribution is -2.44. The predicted molar refractivity (Wildman–Crippen MR) is 94.1 cm³/mol. The van der Waals surface area contributed by atoms with Gasteiger partial charge in [-0.25, -0.2) is 4.79 Å². The second kappa shape index (κ2) is 13.1. The van der Waals surface area contributed by atoms with Crippen LogP contribution in [0.4, 0.5) is 4.79 Å². The number of ether oxygens (including phenoxy) is 1. The summed E-state index contributed by atoms with van der Waals surface area (Å²) in [5.41, 5.74) is 0. The molecule has 0 aromatic rings. The molecule has 1 unspecified atom stereocenters. The van der Waals surface area contributed by atoms with E-state index >= 15 is 0 Å².